The van der Waals surface area contributed by atoms with Crippen LogP contribution in [-0.4, -0.2) is 62.0 Å². The van der Waals surface area contributed by atoms with Gasteiger partial charge in [0.2, 0.25) is 5.88 Å². The minimum absolute atomic E-state index is 0.144. The molecular formula is C23H27N7O2S. The highest BCUT2D eigenvalue weighted by molar-refractivity contribution is 7.92. The van der Waals surface area contributed by atoms with Crippen LogP contribution in [0.3, 0.4) is 0 Å². The standard InChI is InChI=1S/C23H27N7O2S/c1-33(2,31)28-19-7-9-29(10-8-19)20-6-5-17(12-25-20)22-23-18(11-24)13-26-30(23)14-21(27-22)32-15-16-3-4-16/h5-6,12-14,16,19H,3-4,7-10,15H2,1-2H3. The van der Waals surface area contributed by atoms with Crippen LogP contribution in [0.5, 0.6) is 5.88 Å². The lowest BCUT2D eigenvalue weighted by atomic mass is 10.1. The van der Waals surface area contributed by atoms with Gasteiger partial charge in [0.05, 0.1) is 25.0 Å². The van der Waals surface area contributed by atoms with Crippen molar-refractivity contribution < 1.29 is 8.95 Å². The van der Waals surface area contributed by atoms with Crippen molar-refractivity contribution in [3.05, 3.63) is 36.3 Å². The molecule has 0 aromatic carbocycles. The zero-order valence-electron chi connectivity index (χ0n) is 18.8. The molecule has 9 nitrogen and oxygen atoms in total. The Kier molecular flexibility index (Phi) is 5.66. The van der Waals surface area contributed by atoms with Crippen molar-refractivity contribution in [1.82, 2.24) is 19.6 Å². The molecule has 172 valence electrons. The summed E-state index contributed by atoms with van der Waals surface area (Å²) in [5.74, 6) is 1.99. The smallest absolute Gasteiger partial charge is 0.232 e. The van der Waals surface area contributed by atoms with Crippen molar-refractivity contribution >= 4 is 21.1 Å². The van der Waals surface area contributed by atoms with Gasteiger partial charge in [-0.3, -0.25) is 4.21 Å². The van der Waals surface area contributed by atoms with E-state index in [1.54, 1.807) is 35.6 Å². The van der Waals surface area contributed by atoms with Crippen LogP contribution in [0.1, 0.15) is 31.2 Å². The molecule has 0 bridgehead atoms. The second kappa shape index (κ2) is 8.63. The third-order valence-corrected chi connectivity index (χ3v) is 6.78. The lowest BCUT2D eigenvalue weighted by Gasteiger charge is -2.31. The van der Waals surface area contributed by atoms with Gasteiger partial charge < -0.3 is 9.64 Å². The summed E-state index contributed by atoms with van der Waals surface area (Å²) in [6.45, 7) is 2.29. The number of hydrogen-bond acceptors (Lipinski definition) is 8. The van der Waals surface area contributed by atoms with Crippen LogP contribution in [0.4, 0.5) is 5.82 Å². The molecule has 1 aliphatic carbocycles. The van der Waals surface area contributed by atoms with Crippen molar-refractivity contribution in [3.8, 4) is 23.2 Å². The van der Waals surface area contributed by atoms with Crippen LogP contribution >= 0.6 is 0 Å². The molecule has 10 heteroatoms. The molecule has 5 rings (SSSR count). The Balaban J connectivity index is 1.39. The molecule has 2 fully saturated rings. The van der Waals surface area contributed by atoms with E-state index in [4.69, 9.17) is 9.72 Å². The van der Waals surface area contributed by atoms with E-state index in [9.17, 15) is 9.47 Å². The van der Waals surface area contributed by atoms with Gasteiger partial charge in [-0.2, -0.15) is 10.4 Å². The molecule has 2 aliphatic rings. The highest BCUT2D eigenvalue weighted by atomic mass is 32.2. The minimum atomic E-state index is -2.08. The fourth-order valence-corrected chi connectivity index (χ4v) is 5.03. The van der Waals surface area contributed by atoms with Gasteiger partial charge in [-0.05, 0) is 43.7 Å². The average molecular weight is 466 g/mol. The lowest BCUT2D eigenvalue weighted by Crippen LogP contribution is -2.36. The summed E-state index contributed by atoms with van der Waals surface area (Å²) >= 11 is 0. The Labute approximate surface area is 193 Å². The number of nitriles is 1. The number of piperidine rings is 1. The van der Waals surface area contributed by atoms with Crippen LogP contribution in [0.15, 0.2) is 35.1 Å². The molecule has 1 saturated carbocycles. The van der Waals surface area contributed by atoms with E-state index in [1.807, 2.05) is 12.1 Å². The molecule has 0 atom stereocenters. The predicted molar refractivity (Wildman–Crippen MR) is 127 cm³/mol. The van der Waals surface area contributed by atoms with E-state index in [0.717, 1.165) is 37.3 Å². The Bertz CT molecular complexity index is 1320. The molecule has 0 N–H and O–H groups in total. The molecule has 0 unspecified atom stereocenters. The van der Waals surface area contributed by atoms with Crippen molar-refractivity contribution in [2.45, 2.75) is 31.7 Å². The van der Waals surface area contributed by atoms with Gasteiger partial charge in [0.15, 0.2) is 0 Å². The van der Waals surface area contributed by atoms with Gasteiger partial charge >= 0.3 is 0 Å². The van der Waals surface area contributed by atoms with Crippen LogP contribution in [0.25, 0.3) is 16.8 Å². The monoisotopic (exact) mass is 465 g/mol. The molecule has 0 radical (unpaired) electrons. The summed E-state index contributed by atoms with van der Waals surface area (Å²) in [7, 11) is -2.08. The largest absolute Gasteiger partial charge is 0.476 e. The number of nitrogens with zero attached hydrogens (tertiary/aromatic N) is 7. The van der Waals surface area contributed by atoms with Crippen LogP contribution < -0.4 is 9.64 Å². The van der Waals surface area contributed by atoms with E-state index in [0.29, 0.717) is 35.2 Å². The molecule has 3 aromatic heterocycles. The van der Waals surface area contributed by atoms with Crippen molar-refractivity contribution in [3.63, 3.8) is 0 Å². The Morgan fingerprint density at radius 1 is 1.21 bits per heavy atom. The number of hydrogen-bond donors (Lipinski definition) is 0. The number of aromatic nitrogens is 4. The van der Waals surface area contributed by atoms with Crippen LogP contribution in [-0.2, 0) is 9.73 Å². The van der Waals surface area contributed by atoms with Gasteiger partial charge in [0, 0.05) is 47.1 Å². The summed E-state index contributed by atoms with van der Waals surface area (Å²) in [4.78, 5) is 11.6. The molecular weight excluding hydrogens is 438 g/mol. The zero-order chi connectivity index (χ0) is 23.0. The SMILES string of the molecule is CS(C)(=O)=NC1CCN(c2ccc(-c3nc(OCC4CC4)cn4ncc(C#N)c34)cn2)CC1. The summed E-state index contributed by atoms with van der Waals surface area (Å²) in [5, 5.41) is 13.9. The van der Waals surface area contributed by atoms with Crippen LogP contribution in [0.2, 0.25) is 0 Å². The molecule has 3 aromatic rings. The number of ether oxygens (including phenoxy) is 1. The highest BCUT2D eigenvalue weighted by Crippen LogP contribution is 2.31. The summed E-state index contributed by atoms with van der Waals surface area (Å²) in [6, 6.07) is 6.30. The van der Waals surface area contributed by atoms with Gasteiger partial charge in [-0.1, -0.05) is 0 Å². The number of anilines is 1. The number of pyridine rings is 1. The van der Waals surface area contributed by atoms with Crippen molar-refractivity contribution in [1.29, 1.82) is 5.26 Å². The Morgan fingerprint density at radius 2 is 2.00 bits per heavy atom. The second-order valence-corrected chi connectivity index (χ2v) is 11.6. The predicted octanol–water partition coefficient (Wildman–Crippen LogP) is 3.15. The maximum atomic E-state index is 12.0. The minimum Gasteiger partial charge on any atom is -0.476 e. The fourth-order valence-electron chi connectivity index (χ4n) is 4.11. The van der Waals surface area contributed by atoms with Crippen molar-refractivity contribution in [2.24, 2.45) is 10.3 Å². The zero-order valence-corrected chi connectivity index (χ0v) is 19.7. The second-order valence-electron chi connectivity index (χ2n) is 9.06. The average Bonchev–Trinajstić information content (AvgIpc) is 3.54. The third kappa shape index (κ3) is 4.93. The van der Waals surface area contributed by atoms with E-state index in [2.05, 4.69) is 25.4 Å². The molecule has 33 heavy (non-hydrogen) atoms. The maximum absolute atomic E-state index is 12.0. The normalized spacial score (nSPS) is 17.2. The Hall–Kier alpha value is -3.19. The first kappa shape index (κ1) is 21.6. The van der Waals surface area contributed by atoms with Gasteiger partial charge in [-0.15, -0.1) is 0 Å². The summed E-state index contributed by atoms with van der Waals surface area (Å²) in [5.41, 5.74) is 2.55. The quantitative estimate of drug-likeness (QED) is 0.550. The molecule has 1 aliphatic heterocycles. The number of rotatable bonds is 6. The summed E-state index contributed by atoms with van der Waals surface area (Å²) in [6.07, 6.45) is 12.6. The molecule has 0 spiro atoms. The Morgan fingerprint density at radius 3 is 2.64 bits per heavy atom. The summed E-state index contributed by atoms with van der Waals surface area (Å²) < 4.78 is 24.0. The first-order chi connectivity index (χ1) is 15.9. The molecule has 4 heterocycles. The van der Waals surface area contributed by atoms with Gasteiger partial charge in [-0.25, -0.2) is 18.8 Å². The fraction of sp³-hybridized carbons (Fsp3) is 0.478. The van der Waals surface area contributed by atoms with Gasteiger partial charge in [0.25, 0.3) is 0 Å². The van der Waals surface area contributed by atoms with Crippen LogP contribution in [0, 0.1) is 17.2 Å². The van der Waals surface area contributed by atoms with E-state index >= 15 is 0 Å². The maximum Gasteiger partial charge on any atom is 0.232 e. The van der Waals surface area contributed by atoms with Gasteiger partial charge in [0.1, 0.15) is 28.7 Å². The first-order valence-electron chi connectivity index (χ1n) is 11.2. The van der Waals surface area contributed by atoms with E-state index < -0.39 is 9.73 Å². The van der Waals surface area contributed by atoms with E-state index in [-0.39, 0.29) is 6.04 Å². The topological polar surface area (TPSA) is 109 Å². The lowest BCUT2D eigenvalue weighted by molar-refractivity contribution is 0.287. The molecule has 0 amide bonds. The van der Waals surface area contributed by atoms with E-state index in [1.165, 1.54) is 12.8 Å². The van der Waals surface area contributed by atoms with Crippen molar-refractivity contribution in [2.75, 3.05) is 37.1 Å². The first-order valence-corrected chi connectivity index (χ1v) is 13.5. The number of fused-ring (bicyclic) bond motifs is 1. The third-order valence-electron chi connectivity index (χ3n) is 5.97. The highest BCUT2D eigenvalue weighted by Gasteiger charge is 2.24. The molecule has 1 saturated heterocycles.